The van der Waals surface area contributed by atoms with Gasteiger partial charge in [0, 0.05) is 12.1 Å². The number of nitrogens with zero attached hydrogens (tertiary/aromatic N) is 1. The van der Waals surface area contributed by atoms with Crippen LogP contribution in [0.2, 0.25) is 0 Å². The Labute approximate surface area is 107 Å². The molecule has 0 spiro atoms. The summed E-state index contributed by atoms with van der Waals surface area (Å²) in [6.07, 6.45) is 0.970. The van der Waals surface area contributed by atoms with Crippen LogP contribution >= 0.6 is 0 Å². The monoisotopic (exact) mass is 246 g/mol. The predicted octanol–water partition coefficient (Wildman–Crippen LogP) is 2.93. The van der Waals surface area contributed by atoms with Crippen LogP contribution in [0.4, 0.5) is 0 Å². The molecule has 4 nitrogen and oxygen atoms in total. The van der Waals surface area contributed by atoms with Crippen LogP contribution in [0.25, 0.3) is 0 Å². The van der Waals surface area contributed by atoms with Crippen molar-refractivity contribution in [3.63, 3.8) is 0 Å². The van der Waals surface area contributed by atoms with Crippen molar-refractivity contribution in [2.24, 2.45) is 0 Å². The van der Waals surface area contributed by atoms with Gasteiger partial charge in [0.05, 0.1) is 12.2 Å². The van der Waals surface area contributed by atoms with Crippen LogP contribution < -0.4 is 5.32 Å². The van der Waals surface area contributed by atoms with Gasteiger partial charge >= 0.3 is 0 Å². The molecule has 0 saturated heterocycles. The summed E-state index contributed by atoms with van der Waals surface area (Å²) in [7, 11) is 0. The number of hydrogen-bond donors (Lipinski definition) is 2. The molecule has 0 aliphatic rings. The molecule has 4 heteroatoms. The fourth-order valence-electron chi connectivity index (χ4n) is 1.93. The SMILES string of the molecule is CCC(NCc1cc(C)no1)c1ccc(O)cc1. The Morgan fingerprint density at radius 3 is 2.61 bits per heavy atom. The zero-order valence-corrected chi connectivity index (χ0v) is 10.7. The molecular weight excluding hydrogens is 228 g/mol. The van der Waals surface area contributed by atoms with Gasteiger partial charge in [-0.1, -0.05) is 24.2 Å². The van der Waals surface area contributed by atoms with E-state index in [1.54, 1.807) is 12.1 Å². The van der Waals surface area contributed by atoms with Crippen molar-refractivity contribution in [1.29, 1.82) is 0 Å². The predicted molar refractivity (Wildman–Crippen MR) is 69.2 cm³/mol. The molecule has 1 atom stereocenters. The van der Waals surface area contributed by atoms with E-state index in [2.05, 4.69) is 17.4 Å². The summed E-state index contributed by atoms with van der Waals surface area (Å²) >= 11 is 0. The maximum Gasteiger partial charge on any atom is 0.150 e. The van der Waals surface area contributed by atoms with Crippen LogP contribution in [0.3, 0.4) is 0 Å². The zero-order valence-electron chi connectivity index (χ0n) is 10.7. The fraction of sp³-hybridized carbons (Fsp3) is 0.357. The minimum absolute atomic E-state index is 0.246. The number of hydrogen-bond acceptors (Lipinski definition) is 4. The molecule has 0 saturated carbocycles. The average Bonchev–Trinajstić information content (AvgIpc) is 2.78. The summed E-state index contributed by atoms with van der Waals surface area (Å²) in [5.41, 5.74) is 2.05. The van der Waals surface area contributed by atoms with Gasteiger partial charge in [-0.3, -0.25) is 0 Å². The van der Waals surface area contributed by atoms with Gasteiger partial charge in [-0.2, -0.15) is 0 Å². The van der Waals surface area contributed by atoms with E-state index in [0.29, 0.717) is 12.3 Å². The molecule has 2 aromatic rings. The van der Waals surface area contributed by atoms with Crippen LogP contribution in [0.15, 0.2) is 34.9 Å². The molecule has 18 heavy (non-hydrogen) atoms. The second-order valence-electron chi connectivity index (χ2n) is 4.37. The van der Waals surface area contributed by atoms with Gasteiger partial charge in [-0.25, -0.2) is 0 Å². The van der Waals surface area contributed by atoms with Gasteiger partial charge in [0.2, 0.25) is 0 Å². The first-order chi connectivity index (χ1) is 8.69. The number of phenols is 1. The van der Waals surface area contributed by atoms with Gasteiger partial charge in [0.25, 0.3) is 0 Å². The van der Waals surface area contributed by atoms with Crippen LogP contribution in [-0.2, 0) is 6.54 Å². The van der Waals surface area contributed by atoms with Crippen LogP contribution in [0, 0.1) is 6.92 Å². The van der Waals surface area contributed by atoms with Gasteiger partial charge < -0.3 is 14.9 Å². The number of rotatable bonds is 5. The lowest BCUT2D eigenvalue weighted by molar-refractivity contribution is 0.359. The largest absolute Gasteiger partial charge is 0.508 e. The fourth-order valence-corrected chi connectivity index (χ4v) is 1.93. The highest BCUT2D eigenvalue weighted by Crippen LogP contribution is 2.20. The quantitative estimate of drug-likeness (QED) is 0.851. The van der Waals surface area contributed by atoms with Crippen molar-refractivity contribution in [2.75, 3.05) is 0 Å². The highest BCUT2D eigenvalue weighted by molar-refractivity contribution is 5.28. The Morgan fingerprint density at radius 2 is 2.06 bits per heavy atom. The molecule has 96 valence electrons. The minimum Gasteiger partial charge on any atom is -0.508 e. The average molecular weight is 246 g/mol. The van der Waals surface area contributed by atoms with E-state index in [1.807, 2.05) is 25.1 Å². The van der Waals surface area contributed by atoms with Crippen molar-refractivity contribution >= 4 is 0 Å². The molecule has 1 aromatic heterocycles. The van der Waals surface area contributed by atoms with Crippen molar-refractivity contribution in [3.05, 3.63) is 47.3 Å². The Hall–Kier alpha value is -1.81. The molecule has 0 bridgehead atoms. The summed E-state index contributed by atoms with van der Waals surface area (Å²) in [5.74, 6) is 1.13. The highest BCUT2D eigenvalue weighted by Gasteiger charge is 2.10. The molecule has 1 unspecified atom stereocenters. The molecule has 1 heterocycles. The molecule has 1 aromatic carbocycles. The second-order valence-corrected chi connectivity index (χ2v) is 4.37. The molecule has 2 N–H and O–H groups in total. The summed E-state index contributed by atoms with van der Waals surface area (Å²) in [5, 5.41) is 16.6. The van der Waals surface area contributed by atoms with Gasteiger partial charge in [0.15, 0.2) is 5.76 Å². The summed E-state index contributed by atoms with van der Waals surface area (Å²) in [6.45, 7) is 4.68. The minimum atomic E-state index is 0.246. The Bertz CT molecular complexity index is 491. The van der Waals surface area contributed by atoms with E-state index in [4.69, 9.17) is 4.52 Å². The van der Waals surface area contributed by atoms with E-state index in [1.165, 1.54) is 0 Å². The number of benzene rings is 1. The molecule has 0 radical (unpaired) electrons. The summed E-state index contributed by atoms with van der Waals surface area (Å²) in [6, 6.07) is 9.45. The third-order valence-electron chi connectivity index (χ3n) is 2.90. The molecule has 0 amide bonds. The summed E-state index contributed by atoms with van der Waals surface area (Å²) in [4.78, 5) is 0. The van der Waals surface area contributed by atoms with Gasteiger partial charge in [-0.05, 0) is 31.0 Å². The maximum absolute atomic E-state index is 9.28. The Kier molecular flexibility index (Phi) is 3.99. The lowest BCUT2D eigenvalue weighted by Gasteiger charge is -2.16. The smallest absolute Gasteiger partial charge is 0.150 e. The van der Waals surface area contributed by atoms with E-state index in [0.717, 1.165) is 23.4 Å². The van der Waals surface area contributed by atoms with E-state index < -0.39 is 0 Å². The first-order valence-corrected chi connectivity index (χ1v) is 6.13. The second kappa shape index (κ2) is 5.69. The Balaban J connectivity index is 1.99. The van der Waals surface area contributed by atoms with Crippen LogP contribution in [-0.4, -0.2) is 10.3 Å². The molecular formula is C14H18N2O2. The third kappa shape index (κ3) is 3.11. The van der Waals surface area contributed by atoms with Gasteiger partial charge in [-0.15, -0.1) is 0 Å². The van der Waals surface area contributed by atoms with Crippen molar-refractivity contribution in [2.45, 2.75) is 32.9 Å². The lowest BCUT2D eigenvalue weighted by Crippen LogP contribution is -2.19. The Morgan fingerprint density at radius 1 is 1.33 bits per heavy atom. The normalized spacial score (nSPS) is 12.6. The molecule has 0 fully saturated rings. The number of aryl methyl sites for hydroxylation is 1. The third-order valence-corrected chi connectivity index (χ3v) is 2.90. The number of aromatic hydroxyl groups is 1. The van der Waals surface area contributed by atoms with E-state index >= 15 is 0 Å². The van der Waals surface area contributed by atoms with Crippen LogP contribution in [0.5, 0.6) is 5.75 Å². The number of aromatic nitrogens is 1. The molecule has 2 rings (SSSR count). The van der Waals surface area contributed by atoms with Crippen molar-refractivity contribution in [1.82, 2.24) is 10.5 Å². The van der Waals surface area contributed by atoms with E-state index in [9.17, 15) is 5.11 Å². The first kappa shape index (κ1) is 12.6. The standard InChI is InChI=1S/C14H18N2O2/c1-3-14(11-4-6-12(17)7-5-11)15-9-13-8-10(2)16-18-13/h4-8,14-15,17H,3,9H2,1-2H3. The maximum atomic E-state index is 9.28. The number of nitrogens with one attached hydrogen (secondary N) is 1. The van der Waals surface area contributed by atoms with Crippen molar-refractivity contribution < 1.29 is 9.63 Å². The molecule has 0 aliphatic carbocycles. The lowest BCUT2D eigenvalue weighted by atomic mass is 10.0. The zero-order chi connectivity index (χ0) is 13.0. The number of phenolic OH excluding ortho intramolecular Hbond substituents is 1. The van der Waals surface area contributed by atoms with Gasteiger partial charge in [0.1, 0.15) is 5.75 Å². The molecule has 0 aliphatic heterocycles. The first-order valence-electron chi connectivity index (χ1n) is 6.13. The summed E-state index contributed by atoms with van der Waals surface area (Å²) < 4.78 is 5.16. The topological polar surface area (TPSA) is 58.3 Å². The highest BCUT2D eigenvalue weighted by atomic mass is 16.5. The van der Waals surface area contributed by atoms with Crippen LogP contribution in [0.1, 0.15) is 36.4 Å². The van der Waals surface area contributed by atoms with E-state index in [-0.39, 0.29) is 6.04 Å². The van der Waals surface area contributed by atoms with Crippen molar-refractivity contribution in [3.8, 4) is 5.75 Å².